The standard InChI is InChI=1S/C15H16O8S2.C6H17N2.H2O/c1-8-3-10(14(6-12(8)16)24(18,19)20)5-11-4-9(2)13(17)7-15(11)25(21,22)23;1-7-5-6-8(2,3)4;/h3-4,6-7,16-17H,5H2,1-2H3,(H,18,19,20)(H,21,22,23);7H,5-6H2,1-4H3;1H2/q;+1;/p-1. The van der Waals surface area contributed by atoms with E-state index < -0.39 is 41.5 Å². The zero-order valence-electron chi connectivity index (χ0n) is 20.1. The van der Waals surface area contributed by atoms with Crippen molar-refractivity contribution in [1.29, 1.82) is 0 Å². The van der Waals surface area contributed by atoms with E-state index in [-0.39, 0.29) is 34.2 Å². The zero-order valence-corrected chi connectivity index (χ0v) is 21.7. The Labute approximate surface area is 201 Å². The molecule has 0 spiro atoms. The zero-order chi connectivity index (χ0) is 25.8. The van der Waals surface area contributed by atoms with Gasteiger partial charge in [0.15, 0.2) is 0 Å². The highest BCUT2D eigenvalue weighted by Crippen LogP contribution is 2.31. The van der Waals surface area contributed by atoms with E-state index in [0.29, 0.717) is 0 Å². The molecule has 0 bridgehead atoms. The third-order valence-electron chi connectivity index (χ3n) is 4.77. The van der Waals surface area contributed by atoms with Gasteiger partial charge >= 0.3 is 0 Å². The summed E-state index contributed by atoms with van der Waals surface area (Å²) < 4.78 is 69.6. The number of likely N-dealkylation sites (N-methyl/N-ethyl adjacent to an activating group) is 2. The Bertz CT molecular complexity index is 1120. The van der Waals surface area contributed by atoms with Gasteiger partial charge in [0.25, 0.3) is 0 Å². The van der Waals surface area contributed by atoms with Crippen LogP contribution in [0.2, 0.25) is 0 Å². The summed E-state index contributed by atoms with van der Waals surface area (Å²) in [5.41, 5.74) is 0.398. The second kappa shape index (κ2) is 11.9. The van der Waals surface area contributed by atoms with E-state index in [0.717, 1.165) is 16.6 Å². The molecule has 0 heterocycles. The summed E-state index contributed by atoms with van der Waals surface area (Å²) in [4.78, 5) is -1.42. The van der Waals surface area contributed by atoms with Gasteiger partial charge in [-0.25, -0.2) is 16.8 Å². The van der Waals surface area contributed by atoms with E-state index in [4.69, 9.17) is 0 Å². The number of aryl methyl sites for hydroxylation is 2. The molecule has 2 aromatic rings. The van der Waals surface area contributed by atoms with Crippen LogP contribution in [0, 0.1) is 13.8 Å². The fourth-order valence-electron chi connectivity index (χ4n) is 2.94. The van der Waals surface area contributed by atoms with E-state index in [1.165, 1.54) is 39.1 Å². The van der Waals surface area contributed by atoms with E-state index in [9.17, 15) is 36.2 Å². The van der Waals surface area contributed by atoms with Crippen LogP contribution in [0.25, 0.3) is 0 Å². The van der Waals surface area contributed by atoms with Crippen molar-refractivity contribution in [3.63, 3.8) is 0 Å². The predicted molar refractivity (Wildman–Crippen MR) is 124 cm³/mol. The monoisotopic (exact) mass is 522 g/mol. The third-order valence-corrected chi connectivity index (χ3v) is 6.60. The molecule has 0 radical (unpaired) electrons. The largest absolute Gasteiger partial charge is 0.744 e. The summed E-state index contributed by atoms with van der Waals surface area (Å²) in [7, 11) is -1.15. The van der Waals surface area contributed by atoms with E-state index >= 15 is 0 Å². The molecule has 2 rings (SSSR count). The van der Waals surface area contributed by atoms with Crippen LogP contribution in [0.1, 0.15) is 22.3 Å². The molecule has 0 amide bonds. The lowest BCUT2D eigenvalue weighted by Gasteiger charge is -2.21. The molecule has 34 heavy (non-hydrogen) atoms. The van der Waals surface area contributed by atoms with E-state index in [1.54, 1.807) is 0 Å². The van der Waals surface area contributed by atoms with Gasteiger partial charge in [-0.15, -0.1) is 0 Å². The average molecular weight is 523 g/mol. The van der Waals surface area contributed by atoms with Crippen LogP contribution in [-0.2, 0) is 26.7 Å². The highest BCUT2D eigenvalue weighted by Gasteiger charge is 2.18. The highest BCUT2D eigenvalue weighted by molar-refractivity contribution is 7.86. The molecule has 0 saturated heterocycles. The van der Waals surface area contributed by atoms with Gasteiger partial charge in [0.05, 0.1) is 38.0 Å². The van der Waals surface area contributed by atoms with Crippen LogP contribution < -0.4 is 5.32 Å². The number of nitrogens with two attached hydrogens (primary N) is 1. The molecule has 0 aliphatic heterocycles. The Balaban J connectivity index is 0.00000104. The number of nitrogens with zero attached hydrogens (tertiary/aromatic N) is 1. The van der Waals surface area contributed by atoms with Gasteiger partial charge < -0.3 is 34.6 Å². The Kier molecular flexibility index (Phi) is 11.1. The first-order valence-electron chi connectivity index (χ1n) is 10.0. The average Bonchev–Trinajstić information content (AvgIpc) is 2.63. The van der Waals surface area contributed by atoms with Crippen molar-refractivity contribution in [3.8, 4) is 11.5 Å². The van der Waals surface area contributed by atoms with Gasteiger partial charge in [0.1, 0.15) is 44.8 Å². The molecule has 0 aromatic heterocycles. The van der Waals surface area contributed by atoms with E-state index in [2.05, 4.69) is 33.5 Å². The lowest BCUT2D eigenvalue weighted by molar-refractivity contribution is -0.883. The number of quaternary nitrogens is 2. The molecule has 0 unspecified atom stereocenters. The van der Waals surface area contributed by atoms with Crippen molar-refractivity contribution in [1.82, 2.24) is 0 Å². The molecule has 6 N–H and O–H groups in total. The summed E-state index contributed by atoms with van der Waals surface area (Å²) in [5, 5.41) is 21.5. The van der Waals surface area contributed by atoms with Gasteiger partial charge in [0.2, 0.25) is 0 Å². The number of phenolic OH excluding ortho intramolecular Hbond substituents is 2. The molecule has 2 aromatic carbocycles. The van der Waals surface area contributed by atoms with Crippen LogP contribution >= 0.6 is 0 Å². The van der Waals surface area contributed by atoms with Gasteiger partial charge in [0, 0.05) is 0 Å². The fourth-order valence-corrected chi connectivity index (χ4v) is 4.35. The number of benzene rings is 2. The number of aromatic hydroxyl groups is 2. The summed E-state index contributed by atoms with van der Waals surface area (Å²) in [6, 6.07) is 4.02. The van der Waals surface area contributed by atoms with Crippen molar-refractivity contribution in [2.75, 3.05) is 41.3 Å². The molecule has 13 heteroatoms. The maximum absolute atomic E-state index is 11.4. The van der Waals surface area contributed by atoms with Gasteiger partial charge in [-0.1, -0.05) is 12.1 Å². The lowest BCUT2D eigenvalue weighted by Crippen LogP contribution is -2.81. The molecule has 0 fully saturated rings. The van der Waals surface area contributed by atoms with Crippen molar-refractivity contribution < 1.29 is 51.4 Å². The van der Waals surface area contributed by atoms with E-state index in [1.807, 2.05) is 0 Å². The molecular weight excluding hydrogens is 488 g/mol. The Morgan fingerprint density at radius 2 is 1.18 bits per heavy atom. The molecule has 0 aliphatic carbocycles. The maximum Gasteiger partial charge on any atom is 0.128 e. The fraction of sp³-hybridized carbons (Fsp3) is 0.429. The normalized spacial score (nSPS) is 11.9. The minimum absolute atomic E-state index is 0. The smallest absolute Gasteiger partial charge is 0.128 e. The Hall–Kier alpha value is -2.26. The summed E-state index contributed by atoms with van der Waals surface area (Å²) in [6.07, 6.45) is -0.365. The maximum atomic E-state index is 11.4. The third kappa shape index (κ3) is 9.54. The second-order valence-electron chi connectivity index (χ2n) is 8.79. The van der Waals surface area contributed by atoms with Crippen molar-refractivity contribution >= 4 is 20.2 Å². The SMILES string of the molecule is C[NH2+]CC[N+](C)(C)C.Cc1cc(Cc2cc(C)c(O)cc2S(=O)(=O)[O-])c(S(=O)(=O)[O-])cc1O.O. The minimum atomic E-state index is -4.95. The van der Waals surface area contributed by atoms with Crippen molar-refractivity contribution in [2.24, 2.45) is 0 Å². The Morgan fingerprint density at radius 1 is 0.824 bits per heavy atom. The second-order valence-corrected chi connectivity index (χ2v) is 11.5. The number of hydrogen-bond acceptors (Lipinski definition) is 8. The molecule has 0 aliphatic rings. The lowest BCUT2D eigenvalue weighted by atomic mass is 10.0. The summed E-state index contributed by atoms with van der Waals surface area (Å²) in [5.74, 6) is -0.812. The van der Waals surface area contributed by atoms with Gasteiger partial charge in [-0.2, -0.15) is 0 Å². The van der Waals surface area contributed by atoms with Crippen LogP contribution in [0.5, 0.6) is 11.5 Å². The first kappa shape index (κ1) is 31.7. The molecule has 194 valence electrons. The molecular formula is C21H34N2O9S2. The quantitative estimate of drug-likeness (QED) is 0.309. The summed E-state index contributed by atoms with van der Waals surface area (Å²) in [6.45, 7) is 5.40. The Morgan fingerprint density at radius 3 is 1.41 bits per heavy atom. The molecule has 11 nitrogen and oxygen atoms in total. The van der Waals surface area contributed by atoms with Crippen molar-refractivity contribution in [3.05, 3.63) is 46.5 Å². The minimum Gasteiger partial charge on any atom is -0.744 e. The molecule has 0 atom stereocenters. The first-order valence-corrected chi connectivity index (χ1v) is 12.8. The number of phenols is 2. The number of hydrogen-bond donors (Lipinski definition) is 3. The molecule has 0 saturated carbocycles. The topological polar surface area (TPSA) is 203 Å². The number of rotatable bonds is 7. The van der Waals surface area contributed by atoms with Crippen molar-refractivity contribution in [2.45, 2.75) is 30.1 Å². The summed E-state index contributed by atoms with van der Waals surface area (Å²) >= 11 is 0. The highest BCUT2D eigenvalue weighted by atomic mass is 32.2. The van der Waals surface area contributed by atoms with Gasteiger partial charge in [-0.05, 0) is 54.7 Å². The predicted octanol–water partition coefficient (Wildman–Crippen LogP) is -0.825. The van der Waals surface area contributed by atoms with Gasteiger partial charge in [-0.3, -0.25) is 0 Å². The van der Waals surface area contributed by atoms with Crippen LogP contribution in [0.3, 0.4) is 0 Å². The van der Waals surface area contributed by atoms with Crippen LogP contribution in [-0.4, -0.2) is 87.4 Å². The van der Waals surface area contributed by atoms with Crippen LogP contribution in [0.4, 0.5) is 0 Å². The van der Waals surface area contributed by atoms with Crippen LogP contribution in [0.15, 0.2) is 34.1 Å². The first-order chi connectivity index (χ1) is 14.9.